The molecule has 1 heterocycles. The minimum absolute atomic E-state index is 0.314. The van der Waals surface area contributed by atoms with E-state index in [-0.39, 0.29) is 0 Å². The number of hydrogen-bond acceptors (Lipinski definition) is 7. The van der Waals surface area contributed by atoms with Crippen molar-refractivity contribution in [1.82, 2.24) is 19.8 Å². The van der Waals surface area contributed by atoms with Gasteiger partial charge in [-0.25, -0.2) is 0 Å². The zero-order valence-corrected chi connectivity index (χ0v) is 17.9. The van der Waals surface area contributed by atoms with Gasteiger partial charge in [-0.05, 0) is 65.0 Å². The standard InChI is InChI=1S/C20H41N7/c1-5-26(6-2)15-11-9-13-22-18-17-19(25-20(21)24-18)23-14-10-12-16-27(7-3)8-4/h17H,5-16H2,1-4H3,(H4,21,22,23,24,25). The van der Waals surface area contributed by atoms with Gasteiger partial charge in [0, 0.05) is 19.2 Å². The van der Waals surface area contributed by atoms with Gasteiger partial charge in [-0.15, -0.1) is 0 Å². The maximum Gasteiger partial charge on any atom is 0.223 e. The van der Waals surface area contributed by atoms with Crippen LogP contribution in [-0.2, 0) is 0 Å². The van der Waals surface area contributed by atoms with E-state index in [2.05, 4.69) is 58.1 Å². The molecule has 0 fully saturated rings. The number of nitrogens with one attached hydrogen (secondary N) is 2. The fourth-order valence-corrected chi connectivity index (χ4v) is 3.08. The summed E-state index contributed by atoms with van der Waals surface area (Å²) in [6.45, 7) is 17.4. The maximum atomic E-state index is 5.86. The van der Waals surface area contributed by atoms with Crippen LogP contribution < -0.4 is 16.4 Å². The predicted molar refractivity (Wildman–Crippen MR) is 117 cm³/mol. The minimum atomic E-state index is 0.314. The van der Waals surface area contributed by atoms with Gasteiger partial charge in [-0.1, -0.05) is 27.7 Å². The Labute approximate surface area is 166 Å². The molecular formula is C20H41N7. The average Bonchev–Trinajstić information content (AvgIpc) is 2.67. The fraction of sp³-hybridized carbons (Fsp3) is 0.800. The molecule has 0 radical (unpaired) electrons. The van der Waals surface area contributed by atoms with E-state index in [0.29, 0.717) is 5.95 Å². The van der Waals surface area contributed by atoms with Crippen LogP contribution in [0.15, 0.2) is 6.07 Å². The van der Waals surface area contributed by atoms with Crippen molar-refractivity contribution < 1.29 is 0 Å². The fourth-order valence-electron chi connectivity index (χ4n) is 3.08. The van der Waals surface area contributed by atoms with Gasteiger partial charge in [0.05, 0.1) is 0 Å². The second-order valence-corrected chi connectivity index (χ2v) is 6.82. The predicted octanol–water partition coefficient (Wildman–Crippen LogP) is 3.13. The molecule has 0 aromatic carbocycles. The summed E-state index contributed by atoms with van der Waals surface area (Å²) in [5.74, 6) is 1.92. The van der Waals surface area contributed by atoms with Gasteiger partial charge in [0.25, 0.3) is 0 Å². The Morgan fingerprint density at radius 2 is 1.15 bits per heavy atom. The summed E-state index contributed by atoms with van der Waals surface area (Å²) >= 11 is 0. The normalized spacial score (nSPS) is 11.3. The number of nitrogens with two attached hydrogens (primary N) is 1. The second-order valence-electron chi connectivity index (χ2n) is 6.82. The average molecular weight is 380 g/mol. The molecule has 0 unspecified atom stereocenters. The molecule has 1 aromatic rings. The van der Waals surface area contributed by atoms with Gasteiger partial charge in [-0.3, -0.25) is 0 Å². The van der Waals surface area contributed by atoms with E-state index in [0.717, 1.165) is 76.8 Å². The van der Waals surface area contributed by atoms with Crippen LogP contribution in [0.5, 0.6) is 0 Å². The van der Waals surface area contributed by atoms with Crippen molar-refractivity contribution in [3.8, 4) is 0 Å². The number of aromatic nitrogens is 2. The van der Waals surface area contributed by atoms with Crippen molar-refractivity contribution in [2.75, 3.05) is 68.7 Å². The zero-order chi connectivity index (χ0) is 19.9. The van der Waals surface area contributed by atoms with E-state index >= 15 is 0 Å². The molecule has 0 amide bonds. The minimum Gasteiger partial charge on any atom is -0.370 e. The van der Waals surface area contributed by atoms with Gasteiger partial charge >= 0.3 is 0 Å². The third-order valence-electron chi connectivity index (χ3n) is 4.95. The van der Waals surface area contributed by atoms with E-state index < -0.39 is 0 Å². The summed E-state index contributed by atoms with van der Waals surface area (Å²) in [7, 11) is 0. The van der Waals surface area contributed by atoms with E-state index in [4.69, 9.17) is 5.73 Å². The Bertz CT molecular complexity index is 447. The quantitative estimate of drug-likeness (QED) is 0.381. The molecule has 1 rings (SSSR count). The van der Waals surface area contributed by atoms with Gasteiger partial charge in [0.1, 0.15) is 11.6 Å². The largest absolute Gasteiger partial charge is 0.370 e. The van der Waals surface area contributed by atoms with Crippen LogP contribution in [0.2, 0.25) is 0 Å². The van der Waals surface area contributed by atoms with Crippen LogP contribution in [0.3, 0.4) is 0 Å². The maximum absolute atomic E-state index is 5.86. The number of nitrogen functional groups attached to an aromatic ring is 1. The summed E-state index contributed by atoms with van der Waals surface area (Å²) < 4.78 is 0. The van der Waals surface area contributed by atoms with Crippen LogP contribution in [0.25, 0.3) is 0 Å². The summed E-state index contributed by atoms with van der Waals surface area (Å²) in [6, 6.07) is 1.95. The van der Waals surface area contributed by atoms with Crippen LogP contribution in [0.1, 0.15) is 53.4 Å². The number of hydrogen-bond donors (Lipinski definition) is 3. The molecular weight excluding hydrogens is 338 g/mol. The monoisotopic (exact) mass is 379 g/mol. The Morgan fingerprint density at radius 3 is 1.52 bits per heavy atom. The molecule has 1 aromatic heterocycles. The molecule has 0 aliphatic rings. The van der Waals surface area contributed by atoms with Crippen LogP contribution in [0, 0.1) is 0 Å². The first-order valence-corrected chi connectivity index (χ1v) is 10.7. The number of anilines is 3. The lowest BCUT2D eigenvalue weighted by molar-refractivity contribution is 0.298. The van der Waals surface area contributed by atoms with E-state index in [9.17, 15) is 0 Å². The highest BCUT2D eigenvalue weighted by molar-refractivity contribution is 5.50. The molecule has 0 saturated heterocycles. The zero-order valence-electron chi connectivity index (χ0n) is 17.9. The molecule has 27 heavy (non-hydrogen) atoms. The van der Waals surface area contributed by atoms with Crippen molar-refractivity contribution >= 4 is 17.6 Å². The molecule has 7 nitrogen and oxygen atoms in total. The highest BCUT2D eigenvalue weighted by Gasteiger charge is 2.03. The summed E-state index contributed by atoms with van der Waals surface area (Å²) in [4.78, 5) is 13.5. The van der Waals surface area contributed by atoms with Crippen molar-refractivity contribution in [2.24, 2.45) is 0 Å². The smallest absolute Gasteiger partial charge is 0.223 e. The Morgan fingerprint density at radius 1 is 0.741 bits per heavy atom. The Kier molecular flexibility index (Phi) is 12.6. The Hall–Kier alpha value is -1.60. The molecule has 156 valence electrons. The van der Waals surface area contributed by atoms with Gasteiger partial charge in [0.15, 0.2) is 0 Å². The lowest BCUT2D eigenvalue weighted by Gasteiger charge is -2.18. The molecule has 0 aliphatic carbocycles. The number of unbranched alkanes of at least 4 members (excludes halogenated alkanes) is 2. The van der Waals surface area contributed by atoms with E-state index in [1.807, 2.05) is 6.07 Å². The second kappa shape index (κ2) is 14.5. The summed E-state index contributed by atoms with van der Waals surface area (Å²) in [5, 5.41) is 6.74. The highest BCUT2D eigenvalue weighted by atomic mass is 15.1. The lowest BCUT2D eigenvalue weighted by Crippen LogP contribution is -2.24. The molecule has 4 N–H and O–H groups in total. The van der Waals surface area contributed by atoms with Crippen molar-refractivity contribution in [3.05, 3.63) is 6.07 Å². The first kappa shape index (κ1) is 23.4. The van der Waals surface area contributed by atoms with E-state index in [1.165, 1.54) is 12.8 Å². The number of rotatable bonds is 16. The van der Waals surface area contributed by atoms with Crippen LogP contribution in [-0.4, -0.2) is 72.1 Å². The van der Waals surface area contributed by atoms with Crippen LogP contribution in [0.4, 0.5) is 17.6 Å². The first-order chi connectivity index (χ1) is 13.1. The third-order valence-corrected chi connectivity index (χ3v) is 4.95. The number of nitrogens with zero attached hydrogens (tertiary/aromatic N) is 4. The lowest BCUT2D eigenvalue weighted by atomic mass is 10.3. The highest BCUT2D eigenvalue weighted by Crippen LogP contribution is 2.13. The summed E-state index contributed by atoms with van der Waals surface area (Å²) in [6.07, 6.45) is 4.61. The molecule has 0 saturated carbocycles. The molecule has 7 heteroatoms. The van der Waals surface area contributed by atoms with Crippen LogP contribution >= 0.6 is 0 Å². The van der Waals surface area contributed by atoms with Gasteiger partial charge in [-0.2, -0.15) is 9.97 Å². The molecule has 0 bridgehead atoms. The molecule has 0 spiro atoms. The van der Waals surface area contributed by atoms with Crippen molar-refractivity contribution in [2.45, 2.75) is 53.4 Å². The van der Waals surface area contributed by atoms with Crippen molar-refractivity contribution in [1.29, 1.82) is 0 Å². The molecule has 0 atom stereocenters. The van der Waals surface area contributed by atoms with E-state index in [1.54, 1.807) is 0 Å². The molecule has 0 aliphatic heterocycles. The van der Waals surface area contributed by atoms with Gasteiger partial charge < -0.3 is 26.2 Å². The van der Waals surface area contributed by atoms with Crippen molar-refractivity contribution in [3.63, 3.8) is 0 Å². The summed E-state index contributed by atoms with van der Waals surface area (Å²) in [5.41, 5.74) is 5.86. The third kappa shape index (κ3) is 10.3. The topological polar surface area (TPSA) is 82.3 Å². The SMILES string of the molecule is CCN(CC)CCCCNc1cc(NCCCCN(CC)CC)nc(N)n1. The first-order valence-electron chi connectivity index (χ1n) is 10.7. The Balaban J connectivity index is 2.28. The van der Waals surface area contributed by atoms with Gasteiger partial charge in [0.2, 0.25) is 5.95 Å².